The summed E-state index contributed by atoms with van der Waals surface area (Å²) < 4.78 is 5.05. The molecular weight excluding hydrogens is 294 g/mol. The molecule has 0 spiro atoms. The molecule has 6 nitrogen and oxygen atoms in total. The van der Waals surface area contributed by atoms with Crippen LogP contribution >= 0.6 is 0 Å². The molecule has 2 N–H and O–H groups in total. The van der Waals surface area contributed by atoms with Gasteiger partial charge in [-0.05, 0) is 51.0 Å². The van der Waals surface area contributed by atoms with E-state index in [1.54, 1.807) is 31.2 Å². The Balaban J connectivity index is 1.59. The van der Waals surface area contributed by atoms with E-state index in [9.17, 15) is 9.59 Å². The van der Waals surface area contributed by atoms with E-state index in [4.69, 9.17) is 4.52 Å². The lowest BCUT2D eigenvalue weighted by molar-refractivity contribution is -0.115. The summed E-state index contributed by atoms with van der Waals surface area (Å²) in [5.41, 5.74) is 2.79. The first-order valence-corrected chi connectivity index (χ1v) is 7.65. The summed E-state index contributed by atoms with van der Waals surface area (Å²) in [5, 5.41) is 9.58. The number of carbonyl (C=O) groups excluding carboxylic acids is 2. The maximum atomic E-state index is 12.1. The molecule has 0 aliphatic heterocycles. The maximum absolute atomic E-state index is 12.1. The largest absolute Gasteiger partial charge is 0.361 e. The first-order chi connectivity index (χ1) is 11.0. The van der Waals surface area contributed by atoms with Crippen molar-refractivity contribution in [2.75, 3.05) is 5.32 Å². The molecule has 23 heavy (non-hydrogen) atoms. The SMILES string of the molecule is Cc1noc(C)c1CC(=O)Nc1ccc(C(=O)NC2CC2)cc1. The van der Waals surface area contributed by atoms with Crippen molar-refractivity contribution in [2.45, 2.75) is 39.2 Å². The second-order valence-corrected chi connectivity index (χ2v) is 5.85. The Bertz CT molecular complexity index is 711. The van der Waals surface area contributed by atoms with Crippen molar-refractivity contribution in [3.63, 3.8) is 0 Å². The van der Waals surface area contributed by atoms with Crippen molar-refractivity contribution in [1.82, 2.24) is 10.5 Å². The Morgan fingerprint density at radius 1 is 1.22 bits per heavy atom. The van der Waals surface area contributed by atoms with E-state index in [0.717, 1.165) is 24.1 Å². The number of anilines is 1. The molecule has 2 amide bonds. The van der Waals surface area contributed by atoms with Gasteiger partial charge in [-0.15, -0.1) is 0 Å². The molecule has 0 bridgehead atoms. The number of aryl methyl sites for hydroxylation is 2. The van der Waals surface area contributed by atoms with Crippen LogP contribution in [0.15, 0.2) is 28.8 Å². The number of hydrogen-bond donors (Lipinski definition) is 2. The van der Waals surface area contributed by atoms with Crippen LogP contribution in [-0.2, 0) is 11.2 Å². The van der Waals surface area contributed by atoms with Crippen LogP contribution in [0, 0.1) is 13.8 Å². The molecule has 0 unspecified atom stereocenters. The maximum Gasteiger partial charge on any atom is 0.251 e. The molecule has 120 valence electrons. The smallest absolute Gasteiger partial charge is 0.251 e. The molecule has 1 aromatic carbocycles. The number of aromatic nitrogens is 1. The summed E-state index contributed by atoms with van der Waals surface area (Å²) in [6, 6.07) is 7.21. The number of rotatable bonds is 5. The molecule has 1 fully saturated rings. The summed E-state index contributed by atoms with van der Waals surface area (Å²) >= 11 is 0. The van der Waals surface area contributed by atoms with E-state index >= 15 is 0 Å². The fourth-order valence-corrected chi connectivity index (χ4v) is 2.32. The summed E-state index contributed by atoms with van der Waals surface area (Å²) in [7, 11) is 0. The van der Waals surface area contributed by atoms with E-state index in [0.29, 0.717) is 23.1 Å². The third-order valence-corrected chi connectivity index (χ3v) is 3.86. The van der Waals surface area contributed by atoms with Crippen molar-refractivity contribution in [1.29, 1.82) is 0 Å². The van der Waals surface area contributed by atoms with E-state index in [2.05, 4.69) is 15.8 Å². The minimum Gasteiger partial charge on any atom is -0.361 e. The van der Waals surface area contributed by atoms with Gasteiger partial charge in [-0.3, -0.25) is 9.59 Å². The fourth-order valence-electron chi connectivity index (χ4n) is 2.32. The van der Waals surface area contributed by atoms with Crippen molar-refractivity contribution < 1.29 is 14.1 Å². The predicted octanol–water partition coefficient (Wildman–Crippen LogP) is 2.36. The molecule has 0 atom stereocenters. The van der Waals surface area contributed by atoms with Crippen LogP contribution in [0.4, 0.5) is 5.69 Å². The topological polar surface area (TPSA) is 84.2 Å². The quantitative estimate of drug-likeness (QED) is 0.887. The number of nitrogens with one attached hydrogen (secondary N) is 2. The van der Waals surface area contributed by atoms with Crippen LogP contribution in [0.5, 0.6) is 0 Å². The lowest BCUT2D eigenvalue weighted by atomic mass is 10.1. The van der Waals surface area contributed by atoms with Gasteiger partial charge in [0, 0.05) is 22.9 Å². The highest BCUT2D eigenvalue weighted by molar-refractivity contribution is 5.96. The number of hydrogen-bond acceptors (Lipinski definition) is 4. The van der Waals surface area contributed by atoms with Crippen LogP contribution < -0.4 is 10.6 Å². The third-order valence-electron chi connectivity index (χ3n) is 3.86. The molecule has 1 saturated carbocycles. The second kappa shape index (κ2) is 6.24. The van der Waals surface area contributed by atoms with E-state index < -0.39 is 0 Å². The number of nitrogens with zero attached hydrogens (tertiary/aromatic N) is 1. The molecule has 1 aromatic heterocycles. The lowest BCUT2D eigenvalue weighted by Crippen LogP contribution is -2.25. The average Bonchev–Trinajstić information content (AvgIpc) is 3.29. The van der Waals surface area contributed by atoms with Gasteiger partial charge in [-0.2, -0.15) is 0 Å². The highest BCUT2D eigenvalue weighted by Gasteiger charge is 2.23. The molecular formula is C17H19N3O3. The molecule has 3 rings (SSSR count). The van der Waals surface area contributed by atoms with Gasteiger partial charge in [0.05, 0.1) is 12.1 Å². The molecule has 1 aliphatic rings. The molecule has 2 aromatic rings. The number of benzene rings is 1. The van der Waals surface area contributed by atoms with Gasteiger partial charge in [0.2, 0.25) is 5.91 Å². The van der Waals surface area contributed by atoms with Crippen LogP contribution in [-0.4, -0.2) is 23.0 Å². The van der Waals surface area contributed by atoms with Crippen LogP contribution in [0.2, 0.25) is 0 Å². The zero-order valence-corrected chi connectivity index (χ0v) is 13.2. The summed E-state index contributed by atoms with van der Waals surface area (Å²) in [5.74, 6) is 0.445. The van der Waals surface area contributed by atoms with Crippen LogP contribution in [0.1, 0.15) is 40.2 Å². The van der Waals surface area contributed by atoms with Gasteiger partial charge in [0.1, 0.15) is 5.76 Å². The highest BCUT2D eigenvalue weighted by Crippen LogP contribution is 2.20. The Morgan fingerprint density at radius 3 is 2.48 bits per heavy atom. The van der Waals surface area contributed by atoms with Gasteiger partial charge in [-0.25, -0.2) is 0 Å². The minimum atomic E-state index is -0.144. The average molecular weight is 313 g/mol. The van der Waals surface area contributed by atoms with Gasteiger partial charge in [0.15, 0.2) is 0 Å². The van der Waals surface area contributed by atoms with E-state index in [-0.39, 0.29) is 18.2 Å². The fraction of sp³-hybridized carbons (Fsp3) is 0.353. The second-order valence-electron chi connectivity index (χ2n) is 5.85. The Hall–Kier alpha value is -2.63. The lowest BCUT2D eigenvalue weighted by Gasteiger charge is -2.07. The third kappa shape index (κ3) is 3.77. The van der Waals surface area contributed by atoms with Gasteiger partial charge >= 0.3 is 0 Å². The van der Waals surface area contributed by atoms with Gasteiger partial charge < -0.3 is 15.2 Å². The summed E-state index contributed by atoms with van der Waals surface area (Å²) in [6.45, 7) is 3.60. The molecule has 0 radical (unpaired) electrons. The Morgan fingerprint density at radius 2 is 1.91 bits per heavy atom. The van der Waals surface area contributed by atoms with Crippen molar-refractivity contribution >= 4 is 17.5 Å². The van der Waals surface area contributed by atoms with Gasteiger partial charge in [0.25, 0.3) is 5.91 Å². The summed E-state index contributed by atoms with van der Waals surface area (Å²) in [4.78, 5) is 24.0. The Kier molecular flexibility index (Phi) is 4.14. The van der Waals surface area contributed by atoms with Crippen molar-refractivity contribution in [3.05, 3.63) is 46.8 Å². The molecule has 6 heteroatoms. The summed E-state index contributed by atoms with van der Waals surface area (Å²) in [6.07, 6.45) is 2.33. The Labute approximate surface area is 134 Å². The molecule has 0 saturated heterocycles. The van der Waals surface area contributed by atoms with Crippen LogP contribution in [0.3, 0.4) is 0 Å². The van der Waals surface area contributed by atoms with E-state index in [1.807, 2.05) is 6.92 Å². The monoisotopic (exact) mass is 313 g/mol. The normalized spacial score (nSPS) is 13.7. The molecule has 1 aliphatic carbocycles. The first kappa shape index (κ1) is 15.3. The van der Waals surface area contributed by atoms with Crippen molar-refractivity contribution in [2.24, 2.45) is 0 Å². The zero-order chi connectivity index (χ0) is 16.4. The first-order valence-electron chi connectivity index (χ1n) is 7.65. The molecule has 1 heterocycles. The van der Waals surface area contributed by atoms with Crippen LogP contribution in [0.25, 0.3) is 0 Å². The number of amides is 2. The minimum absolute atomic E-state index is 0.0684. The zero-order valence-electron chi connectivity index (χ0n) is 13.2. The standard InChI is InChI=1S/C17H19N3O3/c1-10-15(11(2)23-20-10)9-16(21)18-13-5-3-12(4-6-13)17(22)19-14-7-8-14/h3-6,14H,7-9H2,1-2H3,(H,18,21)(H,19,22). The predicted molar refractivity (Wildman–Crippen MR) is 85.2 cm³/mol. The van der Waals surface area contributed by atoms with E-state index in [1.165, 1.54) is 0 Å². The van der Waals surface area contributed by atoms with Crippen molar-refractivity contribution in [3.8, 4) is 0 Å². The highest BCUT2D eigenvalue weighted by atomic mass is 16.5. The van der Waals surface area contributed by atoms with Gasteiger partial charge in [-0.1, -0.05) is 5.16 Å². The number of carbonyl (C=O) groups is 2.